The molecule has 0 amide bonds. The Kier molecular flexibility index (Phi) is 2.99. The van der Waals surface area contributed by atoms with Gasteiger partial charge >= 0.3 is 0 Å². The highest BCUT2D eigenvalue weighted by Gasteiger charge is 2.17. The lowest BCUT2D eigenvalue weighted by molar-refractivity contribution is 0.372. The van der Waals surface area contributed by atoms with E-state index in [4.69, 9.17) is 4.74 Å². The number of nitrogens with zero attached hydrogens (tertiary/aromatic N) is 1. The molecule has 3 nitrogen and oxygen atoms in total. The van der Waals surface area contributed by atoms with E-state index < -0.39 is 0 Å². The summed E-state index contributed by atoms with van der Waals surface area (Å²) >= 11 is 0. The zero-order chi connectivity index (χ0) is 9.80. The summed E-state index contributed by atoms with van der Waals surface area (Å²) in [5.74, 6) is 0.944. The van der Waals surface area contributed by atoms with Gasteiger partial charge in [-0.15, -0.1) is 0 Å². The number of methoxy groups -OCH3 is 1. The van der Waals surface area contributed by atoms with E-state index in [-0.39, 0.29) is 0 Å². The first-order valence-corrected chi connectivity index (χ1v) is 5.13. The maximum absolute atomic E-state index is 5.32. The summed E-state index contributed by atoms with van der Waals surface area (Å²) in [7, 11) is 1.71. The number of hydrogen-bond acceptors (Lipinski definition) is 3. The van der Waals surface area contributed by atoms with Gasteiger partial charge in [0.05, 0.1) is 7.11 Å². The Morgan fingerprint density at radius 3 is 3.14 bits per heavy atom. The quantitative estimate of drug-likeness (QED) is 0.777. The van der Waals surface area contributed by atoms with E-state index in [1.54, 1.807) is 13.3 Å². The van der Waals surface area contributed by atoms with Gasteiger partial charge in [0.25, 0.3) is 0 Å². The van der Waals surface area contributed by atoms with Crippen LogP contribution in [-0.4, -0.2) is 18.6 Å². The Morgan fingerprint density at radius 2 is 2.43 bits per heavy atom. The molecule has 1 atom stereocenters. The molecule has 1 aliphatic rings. The van der Waals surface area contributed by atoms with E-state index in [1.807, 2.05) is 12.3 Å². The topological polar surface area (TPSA) is 34.1 Å². The van der Waals surface area contributed by atoms with Crippen LogP contribution in [0.3, 0.4) is 0 Å². The lowest BCUT2D eigenvalue weighted by atomic mass is 9.98. The third-order valence-corrected chi connectivity index (χ3v) is 2.72. The third kappa shape index (κ3) is 1.87. The van der Waals surface area contributed by atoms with Crippen molar-refractivity contribution in [2.45, 2.75) is 25.3 Å². The van der Waals surface area contributed by atoms with E-state index in [9.17, 15) is 0 Å². The maximum Gasteiger partial charge on any atom is 0.126 e. The van der Waals surface area contributed by atoms with Gasteiger partial charge in [0.2, 0.25) is 0 Å². The predicted molar refractivity (Wildman–Crippen MR) is 55.4 cm³/mol. The smallest absolute Gasteiger partial charge is 0.126 e. The average Bonchev–Trinajstić information content (AvgIpc) is 2.30. The summed E-state index contributed by atoms with van der Waals surface area (Å²) in [4.78, 5) is 4.15. The van der Waals surface area contributed by atoms with Crippen LogP contribution in [0.15, 0.2) is 18.5 Å². The first-order valence-electron chi connectivity index (χ1n) is 5.13. The molecule has 1 N–H and O–H groups in total. The molecule has 1 aliphatic heterocycles. The highest BCUT2D eigenvalue weighted by molar-refractivity contribution is 5.33. The number of nitrogens with one attached hydrogen (secondary N) is 1. The zero-order valence-corrected chi connectivity index (χ0v) is 8.49. The molecule has 0 radical (unpaired) electrons. The Hall–Kier alpha value is -1.09. The molecule has 2 rings (SSSR count). The summed E-state index contributed by atoms with van der Waals surface area (Å²) < 4.78 is 5.32. The van der Waals surface area contributed by atoms with Crippen molar-refractivity contribution < 1.29 is 4.74 Å². The third-order valence-electron chi connectivity index (χ3n) is 2.72. The summed E-state index contributed by atoms with van der Waals surface area (Å²) in [6, 6.07) is 2.35. The highest BCUT2D eigenvalue weighted by Crippen LogP contribution is 2.29. The Balaban J connectivity index is 2.20. The second kappa shape index (κ2) is 4.42. The molecule has 76 valence electrons. The molecule has 1 aromatic heterocycles. The fourth-order valence-electron chi connectivity index (χ4n) is 1.96. The van der Waals surface area contributed by atoms with Crippen LogP contribution in [-0.2, 0) is 0 Å². The van der Waals surface area contributed by atoms with Crippen LogP contribution in [0.1, 0.15) is 30.9 Å². The predicted octanol–water partition coefficient (Wildman–Crippen LogP) is 1.90. The summed E-state index contributed by atoms with van der Waals surface area (Å²) in [5, 5.41) is 3.49. The lowest BCUT2D eigenvalue weighted by Crippen LogP contribution is -2.27. The van der Waals surface area contributed by atoms with Crippen LogP contribution in [0.4, 0.5) is 0 Å². The van der Waals surface area contributed by atoms with Gasteiger partial charge < -0.3 is 10.1 Å². The fraction of sp³-hybridized carbons (Fsp3) is 0.545. The number of aromatic nitrogens is 1. The molecule has 2 heterocycles. The molecule has 1 fully saturated rings. The van der Waals surface area contributed by atoms with E-state index in [2.05, 4.69) is 10.3 Å². The Bertz CT molecular complexity index is 295. The van der Waals surface area contributed by atoms with Crippen molar-refractivity contribution >= 4 is 0 Å². The maximum atomic E-state index is 5.32. The van der Waals surface area contributed by atoms with Crippen molar-refractivity contribution in [3.63, 3.8) is 0 Å². The SMILES string of the molecule is COc1ccncc1[C@@H]1CCCCN1. The van der Waals surface area contributed by atoms with Gasteiger partial charge in [0.1, 0.15) is 5.75 Å². The molecule has 1 saturated heterocycles. The molecule has 1 aromatic rings. The van der Waals surface area contributed by atoms with E-state index in [1.165, 1.54) is 24.8 Å². The van der Waals surface area contributed by atoms with Crippen molar-refractivity contribution in [3.8, 4) is 5.75 Å². The Morgan fingerprint density at radius 1 is 1.50 bits per heavy atom. The van der Waals surface area contributed by atoms with Crippen LogP contribution in [0.5, 0.6) is 5.75 Å². The Labute approximate surface area is 84.5 Å². The van der Waals surface area contributed by atoms with Gasteiger partial charge in [0.15, 0.2) is 0 Å². The standard InChI is InChI=1S/C11H16N2O/c1-14-11-5-7-12-8-9(11)10-4-2-3-6-13-10/h5,7-8,10,13H,2-4,6H2,1H3/t10-/m0/s1. The largest absolute Gasteiger partial charge is 0.496 e. The summed E-state index contributed by atoms with van der Waals surface area (Å²) in [6.07, 6.45) is 7.42. The number of pyridine rings is 1. The lowest BCUT2D eigenvalue weighted by Gasteiger charge is -2.24. The van der Waals surface area contributed by atoms with Crippen LogP contribution in [0.2, 0.25) is 0 Å². The molecule has 0 aromatic carbocycles. The minimum Gasteiger partial charge on any atom is -0.496 e. The minimum atomic E-state index is 0.424. The van der Waals surface area contributed by atoms with Crippen LogP contribution in [0.25, 0.3) is 0 Å². The normalized spacial score (nSPS) is 21.9. The molecule has 0 aliphatic carbocycles. The van der Waals surface area contributed by atoms with E-state index >= 15 is 0 Å². The van der Waals surface area contributed by atoms with Gasteiger partial charge in [-0.05, 0) is 25.5 Å². The monoisotopic (exact) mass is 192 g/mol. The summed E-state index contributed by atoms with van der Waals surface area (Å²) in [5.41, 5.74) is 1.19. The van der Waals surface area contributed by atoms with Crippen molar-refractivity contribution in [2.24, 2.45) is 0 Å². The molecule has 0 saturated carbocycles. The van der Waals surface area contributed by atoms with Gasteiger partial charge in [-0.3, -0.25) is 4.98 Å². The highest BCUT2D eigenvalue weighted by atomic mass is 16.5. The molecular weight excluding hydrogens is 176 g/mol. The first-order chi connectivity index (χ1) is 6.92. The van der Waals surface area contributed by atoms with Gasteiger partial charge in [-0.25, -0.2) is 0 Å². The zero-order valence-electron chi connectivity index (χ0n) is 8.49. The molecule has 3 heteroatoms. The van der Waals surface area contributed by atoms with E-state index in [0.29, 0.717) is 6.04 Å². The number of ether oxygens (including phenoxy) is 1. The minimum absolute atomic E-state index is 0.424. The van der Waals surface area contributed by atoms with Gasteiger partial charge in [-0.1, -0.05) is 6.42 Å². The molecule has 0 unspecified atom stereocenters. The number of piperidine rings is 1. The number of rotatable bonds is 2. The molecule has 0 bridgehead atoms. The van der Waals surface area contributed by atoms with Crippen LogP contribution < -0.4 is 10.1 Å². The van der Waals surface area contributed by atoms with E-state index in [0.717, 1.165) is 12.3 Å². The molecule has 0 spiro atoms. The van der Waals surface area contributed by atoms with Crippen LogP contribution in [0, 0.1) is 0 Å². The van der Waals surface area contributed by atoms with Crippen molar-refractivity contribution in [1.82, 2.24) is 10.3 Å². The number of hydrogen-bond donors (Lipinski definition) is 1. The van der Waals surface area contributed by atoms with Crippen molar-refractivity contribution in [2.75, 3.05) is 13.7 Å². The van der Waals surface area contributed by atoms with Crippen LogP contribution >= 0.6 is 0 Å². The molecular formula is C11H16N2O. The second-order valence-electron chi connectivity index (χ2n) is 3.62. The second-order valence-corrected chi connectivity index (χ2v) is 3.62. The summed E-state index contributed by atoms with van der Waals surface area (Å²) in [6.45, 7) is 1.10. The van der Waals surface area contributed by atoms with Gasteiger partial charge in [0, 0.05) is 24.0 Å². The van der Waals surface area contributed by atoms with Crippen molar-refractivity contribution in [3.05, 3.63) is 24.0 Å². The molecule has 14 heavy (non-hydrogen) atoms. The average molecular weight is 192 g/mol. The van der Waals surface area contributed by atoms with Gasteiger partial charge in [-0.2, -0.15) is 0 Å². The fourth-order valence-corrected chi connectivity index (χ4v) is 1.96. The van der Waals surface area contributed by atoms with Crippen molar-refractivity contribution in [1.29, 1.82) is 0 Å². The first kappa shape index (κ1) is 9.46.